The van der Waals surface area contributed by atoms with Crippen molar-refractivity contribution in [3.8, 4) is 0 Å². The van der Waals surface area contributed by atoms with E-state index in [0.717, 1.165) is 78.1 Å². The lowest BCUT2D eigenvalue weighted by molar-refractivity contribution is -0.127. The van der Waals surface area contributed by atoms with Crippen molar-refractivity contribution >= 4 is 11.9 Å². The predicted molar refractivity (Wildman–Crippen MR) is 102 cm³/mol. The van der Waals surface area contributed by atoms with E-state index in [0.29, 0.717) is 5.92 Å². The second kappa shape index (κ2) is 11.4. The van der Waals surface area contributed by atoms with Gasteiger partial charge in [0, 0.05) is 65.9 Å². The monoisotopic (exact) mass is 369 g/mol. The quantitative estimate of drug-likeness (QED) is 0.468. The molecule has 8 heteroatoms. The van der Waals surface area contributed by atoms with E-state index in [1.165, 1.54) is 0 Å². The second-order valence-electron chi connectivity index (χ2n) is 7.07. The lowest BCUT2D eigenvalue weighted by Gasteiger charge is -2.28. The second-order valence-corrected chi connectivity index (χ2v) is 7.07. The zero-order valence-corrected chi connectivity index (χ0v) is 16.6. The van der Waals surface area contributed by atoms with Crippen LogP contribution in [-0.4, -0.2) is 113 Å². The number of amides is 1. The summed E-state index contributed by atoms with van der Waals surface area (Å²) in [5.74, 6) is 1.39. The molecule has 0 aromatic heterocycles. The van der Waals surface area contributed by atoms with Crippen molar-refractivity contribution in [1.29, 1.82) is 0 Å². The van der Waals surface area contributed by atoms with Gasteiger partial charge in [-0.3, -0.25) is 9.69 Å². The van der Waals surface area contributed by atoms with Crippen molar-refractivity contribution in [3.63, 3.8) is 0 Å². The molecule has 0 bridgehead atoms. The third-order valence-electron chi connectivity index (χ3n) is 4.82. The zero-order valence-electron chi connectivity index (χ0n) is 16.6. The minimum atomic E-state index is 0.0162. The summed E-state index contributed by atoms with van der Waals surface area (Å²) in [5, 5.41) is 3.46. The maximum Gasteiger partial charge on any atom is 0.243 e. The van der Waals surface area contributed by atoms with Crippen LogP contribution in [0.1, 0.15) is 13.3 Å². The number of hydrogen-bond acceptors (Lipinski definition) is 5. The van der Waals surface area contributed by atoms with Crippen LogP contribution in [-0.2, 0) is 14.3 Å². The van der Waals surface area contributed by atoms with Crippen LogP contribution in [0.25, 0.3) is 0 Å². The van der Waals surface area contributed by atoms with E-state index in [1.54, 1.807) is 19.0 Å². The molecule has 0 spiro atoms. The molecule has 2 fully saturated rings. The number of likely N-dealkylation sites (tertiary alicyclic amines) is 1. The van der Waals surface area contributed by atoms with Crippen LogP contribution in [0, 0.1) is 5.92 Å². The average Bonchev–Trinajstić information content (AvgIpc) is 3.12. The smallest absolute Gasteiger partial charge is 0.243 e. The Balaban J connectivity index is 1.86. The van der Waals surface area contributed by atoms with Crippen LogP contribution < -0.4 is 5.32 Å². The molecule has 0 aromatic carbocycles. The Morgan fingerprint density at radius 2 is 2.08 bits per heavy atom. The van der Waals surface area contributed by atoms with Gasteiger partial charge in [-0.25, -0.2) is 4.99 Å². The molecule has 8 nitrogen and oxygen atoms in total. The molecule has 1 N–H and O–H groups in total. The molecule has 0 saturated carbocycles. The summed E-state index contributed by atoms with van der Waals surface area (Å²) in [6, 6.07) is 0. The van der Waals surface area contributed by atoms with E-state index in [-0.39, 0.29) is 12.5 Å². The molecule has 2 saturated heterocycles. The minimum Gasteiger partial charge on any atom is -0.381 e. The van der Waals surface area contributed by atoms with Crippen molar-refractivity contribution in [2.45, 2.75) is 13.3 Å². The average molecular weight is 370 g/mol. The molecule has 0 aliphatic carbocycles. The summed E-state index contributed by atoms with van der Waals surface area (Å²) < 4.78 is 11.0. The molecular formula is C18H35N5O3. The number of rotatable bonds is 8. The van der Waals surface area contributed by atoms with Gasteiger partial charge in [-0.05, 0) is 13.3 Å². The number of carbonyl (C=O) groups excluding carboxylic acids is 1. The van der Waals surface area contributed by atoms with Crippen LogP contribution in [0.2, 0.25) is 0 Å². The van der Waals surface area contributed by atoms with Crippen LogP contribution in [0.4, 0.5) is 0 Å². The Morgan fingerprint density at radius 3 is 2.77 bits per heavy atom. The number of hydrogen-bond donors (Lipinski definition) is 1. The predicted octanol–water partition coefficient (Wildman–Crippen LogP) is -0.289. The van der Waals surface area contributed by atoms with Gasteiger partial charge in [0.05, 0.1) is 19.8 Å². The first-order valence-electron chi connectivity index (χ1n) is 9.71. The lowest BCUT2D eigenvalue weighted by Crippen LogP contribution is -2.46. The third kappa shape index (κ3) is 7.09. The summed E-state index contributed by atoms with van der Waals surface area (Å²) in [5.41, 5.74) is 0. The van der Waals surface area contributed by atoms with Crippen molar-refractivity contribution in [2.24, 2.45) is 10.9 Å². The molecule has 0 aromatic rings. The molecule has 2 aliphatic rings. The maximum absolute atomic E-state index is 11.9. The van der Waals surface area contributed by atoms with E-state index in [2.05, 4.69) is 20.1 Å². The van der Waals surface area contributed by atoms with Gasteiger partial charge in [0.1, 0.15) is 6.54 Å². The molecule has 2 heterocycles. The summed E-state index contributed by atoms with van der Waals surface area (Å²) in [6.45, 7) is 11.0. The lowest BCUT2D eigenvalue weighted by atomic mass is 10.1. The first-order valence-corrected chi connectivity index (χ1v) is 9.71. The van der Waals surface area contributed by atoms with Gasteiger partial charge in [0.15, 0.2) is 5.96 Å². The Bertz CT molecular complexity index is 452. The Morgan fingerprint density at radius 1 is 1.31 bits per heavy atom. The Labute approximate surface area is 157 Å². The summed E-state index contributed by atoms with van der Waals surface area (Å²) >= 11 is 0. The van der Waals surface area contributed by atoms with E-state index in [4.69, 9.17) is 9.47 Å². The SMILES string of the molecule is CCOCC1CCN(C(=NCC(=O)N(C)C)NCCN2CCOCC2)C1. The van der Waals surface area contributed by atoms with Gasteiger partial charge in [-0.15, -0.1) is 0 Å². The number of ether oxygens (including phenoxy) is 2. The van der Waals surface area contributed by atoms with Gasteiger partial charge >= 0.3 is 0 Å². The van der Waals surface area contributed by atoms with Crippen molar-refractivity contribution in [2.75, 3.05) is 86.3 Å². The number of guanidine groups is 1. The van der Waals surface area contributed by atoms with E-state index < -0.39 is 0 Å². The van der Waals surface area contributed by atoms with Gasteiger partial charge < -0.3 is 24.6 Å². The highest BCUT2D eigenvalue weighted by Gasteiger charge is 2.25. The zero-order chi connectivity index (χ0) is 18.8. The highest BCUT2D eigenvalue weighted by atomic mass is 16.5. The van der Waals surface area contributed by atoms with Crippen LogP contribution in [0.5, 0.6) is 0 Å². The normalized spacial score (nSPS) is 21.9. The van der Waals surface area contributed by atoms with E-state index in [9.17, 15) is 4.79 Å². The Kier molecular flexibility index (Phi) is 9.14. The van der Waals surface area contributed by atoms with Crippen LogP contribution in [0.15, 0.2) is 4.99 Å². The molecule has 2 rings (SSSR count). The Hall–Kier alpha value is -1.38. The topological polar surface area (TPSA) is 69.6 Å². The maximum atomic E-state index is 11.9. The molecule has 150 valence electrons. The van der Waals surface area contributed by atoms with Crippen molar-refractivity contribution in [3.05, 3.63) is 0 Å². The number of likely N-dealkylation sites (N-methyl/N-ethyl adjacent to an activating group) is 1. The van der Waals surface area contributed by atoms with Crippen molar-refractivity contribution in [1.82, 2.24) is 20.0 Å². The highest BCUT2D eigenvalue weighted by Crippen LogP contribution is 2.16. The van der Waals surface area contributed by atoms with E-state index in [1.807, 2.05) is 6.92 Å². The van der Waals surface area contributed by atoms with E-state index >= 15 is 0 Å². The molecule has 1 amide bonds. The first-order chi connectivity index (χ1) is 12.6. The first kappa shape index (κ1) is 20.9. The highest BCUT2D eigenvalue weighted by molar-refractivity contribution is 5.85. The minimum absolute atomic E-state index is 0.0162. The molecule has 26 heavy (non-hydrogen) atoms. The van der Waals surface area contributed by atoms with Gasteiger partial charge in [0.2, 0.25) is 5.91 Å². The number of nitrogens with zero attached hydrogens (tertiary/aromatic N) is 4. The number of aliphatic imine (C=N–C) groups is 1. The van der Waals surface area contributed by atoms with Gasteiger partial charge in [-0.1, -0.05) is 0 Å². The molecule has 1 unspecified atom stereocenters. The molecular weight excluding hydrogens is 334 g/mol. The largest absolute Gasteiger partial charge is 0.381 e. The number of nitrogens with one attached hydrogen (secondary N) is 1. The fraction of sp³-hybridized carbons (Fsp3) is 0.889. The summed E-state index contributed by atoms with van der Waals surface area (Å²) in [4.78, 5) is 22.7. The van der Waals surface area contributed by atoms with Crippen LogP contribution >= 0.6 is 0 Å². The summed E-state index contributed by atoms with van der Waals surface area (Å²) in [6.07, 6.45) is 1.10. The third-order valence-corrected chi connectivity index (χ3v) is 4.82. The molecule has 2 aliphatic heterocycles. The standard InChI is InChI=1S/C18H35N5O3/c1-4-25-15-16-5-7-23(14-16)18(20-13-17(24)21(2)3)19-6-8-22-9-11-26-12-10-22/h16H,4-15H2,1-3H3,(H,19,20). The van der Waals surface area contributed by atoms with Gasteiger partial charge in [0.25, 0.3) is 0 Å². The molecule has 0 radical (unpaired) electrons. The molecule has 1 atom stereocenters. The fourth-order valence-corrected chi connectivity index (χ4v) is 3.15. The summed E-state index contributed by atoms with van der Waals surface area (Å²) in [7, 11) is 3.52. The van der Waals surface area contributed by atoms with Crippen molar-refractivity contribution < 1.29 is 14.3 Å². The van der Waals surface area contributed by atoms with Gasteiger partial charge in [-0.2, -0.15) is 0 Å². The fourth-order valence-electron chi connectivity index (χ4n) is 3.15. The number of carbonyl (C=O) groups is 1. The number of morpholine rings is 1. The van der Waals surface area contributed by atoms with Crippen LogP contribution in [0.3, 0.4) is 0 Å².